The van der Waals surface area contributed by atoms with Gasteiger partial charge in [-0.3, -0.25) is 4.79 Å². The number of benzene rings is 1. The first-order chi connectivity index (χ1) is 12.5. The molecule has 1 aromatic carbocycles. The van der Waals surface area contributed by atoms with Crippen LogP contribution in [0.25, 0.3) is 0 Å². The molecule has 0 spiro atoms. The average Bonchev–Trinajstić information content (AvgIpc) is 3.11. The fourth-order valence-electron chi connectivity index (χ4n) is 4.63. The van der Waals surface area contributed by atoms with E-state index in [1.165, 1.54) is 11.1 Å². The molecular weight excluding hydrogens is 328 g/mol. The Labute approximate surface area is 156 Å². The number of ether oxygens (including phenoxy) is 1. The molecule has 1 saturated heterocycles. The monoisotopic (exact) mass is 360 g/mol. The van der Waals surface area contributed by atoms with Crippen LogP contribution in [0, 0.1) is 5.92 Å². The quantitative estimate of drug-likeness (QED) is 0.846. The Hall–Kier alpha value is -1.59. The Morgan fingerprint density at radius 1 is 1.31 bits per heavy atom. The Bertz CT molecular complexity index is 644. The van der Waals surface area contributed by atoms with E-state index in [9.17, 15) is 9.90 Å². The van der Waals surface area contributed by atoms with Gasteiger partial charge in [0, 0.05) is 25.7 Å². The standard InChI is InChI=1S/C21H32N2O3/c1-22(2)19-9-10-23(14-17(19)8-5-11-24)21(25)18-12-15-6-4-7-16(15)13-20(18)26-3/h12-13,17,19,24H,4-11,14H2,1-3H3/t17-,19+/m1/s1. The molecule has 0 radical (unpaired) electrons. The van der Waals surface area contributed by atoms with E-state index >= 15 is 0 Å². The first kappa shape index (κ1) is 19.2. The van der Waals surface area contributed by atoms with Gasteiger partial charge in [0.1, 0.15) is 5.75 Å². The number of hydrogen-bond donors (Lipinski definition) is 1. The molecule has 1 heterocycles. The van der Waals surface area contributed by atoms with Crippen LogP contribution in [-0.4, -0.2) is 67.8 Å². The highest BCUT2D eigenvalue weighted by Crippen LogP contribution is 2.32. The Balaban J connectivity index is 1.79. The summed E-state index contributed by atoms with van der Waals surface area (Å²) < 4.78 is 5.54. The maximum absolute atomic E-state index is 13.3. The molecule has 26 heavy (non-hydrogen) atoms. The number of amides is 1. The second-order valence-electron chi connectivity index (χ2n) is 7.87. The van der Waals surface area contributed by atoms with E-state index in [1.54, 1.807) is 7.11 Å². The highest BCUT2D eigenvalue weighted by molar-refractivity contribution is 5.97. The Morgan fingerprint density at radius 3 is 2.69 bits per heavy atom. The number of piperidine rings is 1. The normalized spacial score (nSPS) is 22.6. The smallest absolute Gasteiger partial charge is 0.257 e. The van der Waals surface area contributed by atoms with E-state index in [1.807, 2.05) is 4.90 Å². The van der Waals surface area contributed by atoms with Gasteiger partial charge < -0.3 is 19.6 Å². The van der Waals surface area contributed by atoms with E-state index < -0.39 is 0 Å². The number of likely N-dealkylation sites (tertiary alicyclic amines) is 1. The number of aliphatic hydroxyl groups is 1. The molecule has 1 N–H and O–H groups in total. The van der Waals surface area contributed by atoms with Crippen molar-refractivity contribution < 1.29 is 14.6 Å². The first-order valence-electron chi connectivity index (χ1n) is 9.81. The average molecular weight is 360 g/mol. The number of fused-ring (bicyclic) bond motifs is 1. The molecule has 2 aliphatic rings. The van der Waals surface area contributed by atoms with Crippen LogP contribution in [0.2, 0.25) is 0 Å². The molecule has 5 nitrogen and oxygen atoms in total. The van der Waals surface area contributed by atoms with Crippen molar-refractivity contribution in [3.05, 3.63) is 28.8 Å². The van der Waals surface area contributed by atoms with Crippen molar-refractivity contribution in [2.75, 3.05) is 40.9 Å². The number of nitrogens with zero attached hydrogens (tertiary/aromatic N) is 2. The van der Waals surface area contributed by atoms with Crippen molar-refractivity contribution >= 4 is 5.91 Å². The summed E-state index contributed by atoms with van der Waals surface area (Å²) in [4.78, 5) is 17.5. The van der Waals surface area contributed by atoms with Crippen LogP contribution in [0.4, 0.5) is 0 Å². The number of rotatable bonds is 6. The molecule has 2 atom stereocenters. The molecule has 0 saturated carbocycles. The number of aryl methyl sites for hydroxylation is 2. The van der Waals surface area contributed by atoms with Crippen molar-refractivity contribution in [2.24, 2.45) is 5.92 Å². The number of methoxy groups -OCH3 is 1. The number of hydrogen-bond acceptors (Lipinski definition) is 4. The van der Waals surface area contributed by atoms with Crippen LogP contribution in [-0.2, 0) is 12.8 Å². The van der Waals surface area contributed by atoms with E-state index in [0.29, 0.717) is 23.3 Å². The zero-order valence-electron chi connectivity index (χ0n) is 16.3. The van der Waals surface area contributed by atoms with Gasteiger partial charge in [-0.1, -0.05) is 0 Å². The Kier molecular flexibility index (Phi) is 6.20. The summed E-state index contributed by atoms with van der Waals surface area (Å²) in [5, 5.41) is 9.22. The third kappa shape index (κ3) is 3.89. The summed E-state index contributed by atoms with van der Waals surface area (Å²) in [5.41, 5.74) is 3.33. The van der Waals surface area contributed by atoms with Gasteiger partial charge in [-0.2, -0.15) is 0 Å². The third-order valence-corrected chi connectivity index (χ3v) is 6.02. The molecule has 3 rings (SSSR count). The van der Waals surface area contributed by atoms with Crippen LogP contribution < -0.4 is 4.74 Å². The second-order valence-corrected chi connectivity index (χ2v) is 7.87. The van der Waals surface area contributed by atoms with Crippen LogP contribution in [0.1, 0.15) is 47.2 Å². The minimum atomic E-state index is 0.0859. The summed E-state index contributed by atoms with van der Waals surface area (Å²) in [7, 11) is 5.87. The lowest BCUT2D eigenvalue weighted by Gasteiger charge is -2.42. The van der Waals surface area contributed by atoms with E-state index in [0.717, 1.165) is 51.6 Å². The molecule has 0 bridgehead atoms. The van der Waals surface area contributed by atoms with Crippen LogP contribution in [0.15, 0.2) is 12.1 Å². The molecule has 1 fully saturated rings. The van der Waals surface area contributed by atoms with Crippen molar-refractivity contribution in [3.63, 3.8) is 0 Å². The van der Waals surface area contributed by atoms with Crippen molar-refractivity contribution in [3.8, 4) is 5.75 Å². The number of carbonyl (C=O) groups excluding carboxylic acids is 1. The summed E-state index contributed by atoms with van der Waals surface area (Å²) >= 11 is 0. The third-order valence-electron chi connectivity index (χ3n) is 6.02. The fourth-order valence-corrected chi connectivity index (χ4v) is 4.63. The van der Waals surface area contributed by atoms with E-state index in [4.69, 9.17) is 4.74 Å². The summed E-state index contributed by atoms with van der Waals surface area (Å²) in [5.74, 6) is 1.19. The maximum atomic E-state index is 13.3. The predicted molar refractivity (Wildman–Crippen MR) is 103 cm³/mol. The molecule has 144 valence electrons. The molecule has 1 aliphatic heterocycles. The van der Waals surface area contributed by atoms with Crippen LogP contribution in [0.5, 0.6) is 5.75 Å². The van der Waals surface area contributed by atoms with Gasteiger partial charge in [0.15, 0.2) is 0 Å². The van der Waals surface area contributed by atoms with Crippen LogP contribution >= 0.6 is 0 Å². The largest absolute Gasteiger partial charge is 0.496 e. The SMILES string of the molecule is COc1cc2c(cc1C(=O)N1CC[C@H](N(C)C)[C@H](CCCO)C1)CCC2. The van der Waals surface area contributed by atoms with Crippen molar-refractivity contribution in [1.29, 1.82) is 0 Å². The van der Waals surface area contributed by atoms with Gasteiger partial charge in [0.05, 0.1) is 12.7 Å². The second kappa shape index (κ2) is 8.40. The first-order valence-corrected chi connectivity index (χ1v) is 9.81. The minimum Gasteiger partial charge on any atom is -0.496 e. The van der Waals surface area contributed by atoms with Gasteiger partial charge >= 0.3 is 0 Å². The lowest BCUT2D eigenvalue weighted by Crippen LogP contribution is -2.50. The predicted octanol–water partition coefficient (Wildman–Crippen LogP) is 2.35. The van der Waals surface area contributed by atoms with E-state index in [2.05, 4.69) is 31.1 Å². The summed E-state index contributed by atoms with van der Waals surface area (Å²) in [6.45, 7) is 1.74. The molecule has 0 aromatic heterocycles. The van der Waals surface area contributed by atoms with Crippen LogP contribution in [0.3, 0.4) is 0 Å². The minimum absolute atomic E-state index is 0.0859. The molecule has 1 aromatic rings. The van der Waals surface area contributed by atoms with Gasteiger partial charge in [-0.05, 0) is 81.8 Å². The molecule has 5 heteroatoms. The lowest BCUT2D eigenvalue weighted by atomic mass is 9.87. The van der Waals surface area contributed by atoms with Gasteiger partial charge in [-0.15, -0.1) is 0 Å². The summed E-state index contributed by atoms with van der Waals surface area (Å²) in [6.07, 6.45) is 6.01. The molecule has 1 amide bonds. The fraction of sp³-hybridized carbons (Fsp3) is 0.667. The van der Waals surface area contributed by atoms with Crippen molar-refractivity contribution in [2.45, 2.75) is 44.6 Å². The summed E-state index contributed by atoms with van der Waals surface area (Å²) in [6, 6.07) is 4.59. The van der Waals surface area contributed by atoms with E-state index in [-0.39, 0.29) is 12.5 Å². The molecular formula is C21H32N2O3. The molecule has 0 unspecified atom stereocenters. The highest BCUT2D eigenvalue weighted by atomic mass is 16.5. The molecule has 1 aliphatic carbocycles. The zero-order chi connectivity index (χ0) is 18.7. The van der Waals surface area contributed by atoms with Gasteiger partial charge in [-0.25, -0.2) is 0 Å². The highest BCUT2D eigenvalue weighted by Gasteiger charge is 2.33. The van der Waals surface area contributed by atoms with Gasteiger partial charge in [0.2, 0.25) is 0 Å². The Morgan fingerprint density at radius 2 is 2.04 bits per heavy atom. The zero-order valence-corrected chi connectivity index (χ0v) is 16.3. The maximum Gasteiger partial charge on any atom is 0.257 e. The van der Waals surface area contributed by atoms with Crippen molar-refractivity contribution in [1.82, 2.24) is 9.80 Å². The topological polar surface area (TPSA) is 53.0 Å². The lowest BCUT2D eigenvalue weighted by molar-refractivity contribution is 0.0493. The number of aliphatic hydroxyl groups excluding tert-OH is 1. The number of carbonyl (C=O) groups is 1. The van der Waals surface area contributed by atoms with Gasteiger partial charge in [0.25, 0.3) is 5.91 Å².